The number of rotatable bonds is 9. The largest absolute Gasteiger partial charge is 0.496 e. The lowest BCUT2D eigenvalue weighted by atomic mass is 10.1. The van der Waals surface area contributed by atoms with E-state index in [1.54, 1.807) is 19.4 Å². The summed E-state index contributed by atoms with van der Waals surface area (Å²) in [6, 6.07) is 9.51. The third-order valence-electron chi connectivity index (χ3n) is 3.57. The Kier molecular flexibility index (Phi) is 7.01. The molecule has 0 saturated heterocycles. The summed E-state index contributed by atoms with van der Waals surface area (Å²) >= 11 is 0. The van der Waals surface area contributed by atoms with Crippen LogP contribution >= 0.6 is 0 Å². The number of para-hydroxylation sites is 1. The fourth-order valence-electron chi connectivity index (χ4n) is 2.26. The molecule has 2 aromatic rings. The van der Waals surface area contributed by atoms with Crippen LogP contribution in [0, 0.1) is 0 Å². The van der Waals surface area contributed by atoms with Crippen molar-refractivity contribution in [1.82, 2.24) is 15.3 Å². The second-order valence-corrected chi connectivity index (χ2v) is 5.36. The molecule has 0 aliphatic rings. The summed E-state index contributed by atoms with van der Waals surface area (Å²) in [4.78, 5) is 20.4. The molecular weight excluding hydrogens is 304 g/mol. The van der Waals surface area contributed by atoms with E-state index in [9.17, 15) is 4.79 Å². The number of anilines is 1. The van der Waals surface area contributed by atoms with Gasteiger partial charge < -0.3 is 15.4 Å². The minimum absolute atomic E-state index is 0.168. The first-order valence-corrected chi connectivity index (χ1v) is 8.21. The molecule has 0 bridgehead atoms. The molecule has 0 atom stereocenters. The topological polar surface area (TPSA) is 76.1 Å². The highest BCUT2D eigenvalue weighted by atomic mass is 16.5. The van der Waals surface area contributed by atoms with Crippen molar-refractivity contribution in [2.24, 2.45) is 0 Å². The number of hydrogen-bond donors (Lipinski definition) is 2. The second-order valence-electron chi connectivity index (χ2n) is 5.36. The number of methoxy groups -OCH3 is 1. The summed E-state index contributed by atoms with van der Waals surface area (Å²) in [6.07, 6.45) is 4.37. The van der Waals surface area contributed by atoms with Crippen molar-refractivity contribution in [3.8, 4) is 5.75 Å². The van der Waals surface area contributed by atoms with Crippen LogP contribution in [0.2, 0.25) is 0 Å². The summed E-state index contributed by atoms with van der Waals surface area (Å²) < 4.78 is 5.33. The van der Waals surface area contributed by atoms with Gasteiger partial charge in [-0.05, 0) is 30.5 Å². The van der Waals surface area contributed by atoms with E-state index in [2.05, 4.69) is 27.5 Å². The van der Waals surface area contributed by atoms with E-state index in [0.29, 0.717) is 24.7 Å². The van der Waals surface area contributed by atoms with Crippen molar-refractivity contribution in [1.29, 1.82) is 0 Å². The number of unbranched alkanes of at least 4 members (excludes halogenated alkanes) is 1. The average molecular weight is 328 g/mol. The van der Waals surface area contributed by atoms with Crippen LogP contribution in [0.4, 0.5) is 5.95 Å². The number of benzene rings is 1. The van der Waals surface area contributed by atoms with Crippen molar-refractivity contribution >= 4 is 11.9 Å². The summed E-state index contributed by atoms with van der Waals surface area (Å²) in [6.45, 7) is 3.40. The van der Waals surface area contributed by atoms with E-state index in [4.69, 9.17) is 4.74 Å². The van der Waals surface area contributed by atoms with Gasteiger partial charge in [0.1, 0.15) is 11.4 Å². The predicted molar refractivity (Wildman–Crippen MR) is 94.5 cm³/mol. The van der Waals surface area contributed by atoms with E-state index < -0.39 is 0 Å². The van der Waals surface area contributed by atoms with Gasteiger partial charge in [0.25, 0.3) is 5.91 Å². The Morgan fingerprint density at radius 1 is 1.21 bits per heavy atom. The van der Waals surface area contributed by atoms with Gasteiger partial charge in [0, 0.05) is 19.3 Å². The zero-order valence-electron chi connectivity index (χ0n) is 14.2. The van der Waals surface area contributed by atoms with Gasteiger partial charge in [0.05, 0.1) is 7.11 Å². The molecule has 1 heterocycles. The summed E-state index contributed by atoms with van der Waals surface area (Å²) in [5.41, 5.74) is 1.49. The molecule has 6 heteroatoms. The van der Waals surface area contributed by atoms with Crippen molar-refractivity contribution < 1.29 is 9.53 Å². The first-order chi connectivity index (χ1) is 11.7. The number of hydrogen-bond acceptors (Lipinski definition) is 5. The maximum absolute atomic E-state index is 12.0. The highest BCUT2D eigenvalue weighted by Gasteiger charge is 2.08. The maximum Gasteiger partial charge on any atom is 0.270 e. The van der Waals surface area contributed by atoms with Crippen LogP contribution in [0.15, 0.2) is 36.5 Å². The van der Waals surface area contributed by atoms with Gasteiger partial charge in [0.15, 0.2) is 0 Å². The summed E-state index contributed by atoms with van der Waals surface area (Å²) in [5, 5.41) is 6.00. The molecule has 0 fully saturated rings. The van der Waals surface area contributed by atoms with Crippen molar-refractivity contribution in [2.45, 2.75) is 26.2 Å². The molecule has 0 aliphatic heterocycles. The number of carbonyl (C=O) groups excluding carboxylic acids is 1. The van der Waals surface area contributed by atoms with E-state index in [1.165, 1.54) is 0 Å². The lowest BCUT2D eigenvalue weighted by Crippen LogP contribution is -2.25. The number of amides is 1. The Bertz CT molecular complexity index is 661. The Hall–Kier alpha value is -2.63. The monoisotopic (exact) mass is 328 g/mol. The van der Waals surface area contributed by atoms with Crippen molar-refractivity contribution in [3.63, 3.8) is 0 Å². The fourth-order valence-corrected chi connectivity index (χ4v) is 2.26. The molecule has 24 heavy (non-hydrogen) atoms. The first kappa shape index (κ1) is 17.7. The molecule has 0 unspecified atom stereocenters. The molecule has 0 spiro atoms. The van der Waals surface area contributed by atoms with E-state index in [-0.39, 0.29) is 5.91 Å². The standard InChI is InChI=1S/C18H24N4O2/c1-3-4-11-19-17(23)15-10-13-21-18(22-15)20-12-9-14-7-5-6-8-16(14)24-2/h5-8,10,13H,3-4,9,11-12H2,1-2H3,(H,19,23)(H,20,21,22). The van der Waals surface area contributed by atoms with Crippen LogP contribution in [0.25, 0.3) is 0 Å². The Labute approximate surface area is 142 Å². The smallest absolute Gasteiger partial charge is 0.270 e. The van der Waals surface area contributed by atoms with Gasteiger partial charge in [0.2, 0.25) is 5.95 Å². The molecule has 0 saturated carbocycles. The zero-order valence-corrected chi connectivity index (χ0v) is 14.2. The lowest BCUT2D eigenvalue weighted by Gasteiger charge is -2.09. The van der Waals surface area contributed by atoms with Gasteiger partial charge in [-0.2, -0.15) is 0 Å². The van der Waals surface area contributed by atoms with Gasteiger partial charge >= 0.3 is 0 Å². The quantitative estimate of drug-likeness (QED) is 0.692. The molecular formula is C18H24N4O2. The fraction of sp³-hybridized carbons (Fsp3) is 0.389. The molecule has 0 aliphatic carbocycles. The molecule has 1 amide bonds. The van der Waals surface area contributed by atoms with Gasteiger partial charge in [-0.15, -0.1) is 0 Å². The molecule has 128 valence electrons. The minimum atomic E-state index is -0.168. The lowest BCUT2D eigenvalue weighted by molar-refractivity contribution is 0.0948. The Balaban J connectivity index is 1.89. The van der Waals surface area contributed by atoms with Crippen LogP contribution in [-0.4, -0.2) is 36.1 Å². The Morgan fingerprint density at radius 2 is 2.04 bits per heavy atom. The number of nitrogens with one attached hydrogen (secondary N) is 2. The van der Waals surface area contributed by atoms with Crippen LogP contribution in [-0.2, 0) is 6.42 Å². The van der Waals surface area contributed by atoms with Gasteiger partial charge in [-0.25, -0.2) is 9.97 Å². The number of ether oxygens (including phenoxy) is 1. The molecule has 6 nitrogen and oxygen atoms in total. The number of nitrogens with zero attached hydrogens (tertiary/aromatic N) is 2. The van der Waals surface area contributed by atoms with Crippen LogP contribution in [0.5, 0.6) is 5.75 Å². The highest BCUT2D eigenvalue weighted by Crippen LogP contribution is 2.17. The predicted octanol–water partition coefficient (Wildman–Crippen LogP) is 2.67. The van der Waals surface area contributed by atoms with E-state index in [1.807, 2.05) is 24.3 Å². The average Bonchev–Trinajstić information content (AvgIpc) is 2.62. The van der Waals surface area contributed by atoms with E-state index in [0.717, 1.165) is 30.6 Å². The van der Waals surface area contributed by atoms with Crippen LogP contribution in [0.3, 0.4) is 0 Å². The normalized spacial score (nSPS) is 10.2. The minimum Gasteiger partial charge on any atom is -0.496 e. The third-order valence-corrected chi connectivity index (χ3v) is 3.57. The van der Waals surface area contributed by atoms with Crippen molar-refractivity contribution in [2.75, 3.05) is 25.5 Å². The van der Waals surface area contributed by atoms with E-state index >= 15 is 0 Å². The van der Waals surface area contributed by atoms with Gasteiger partial charge in [-0.1, -0.05) is 31.5 Å². The SMILES string of the molecule is CCCCNC(=O)c1ccnc(NCCc2ccccc2OC)n1. The Morgan fingerprint density at radius 3 is 2.83 bits per heavy atom. The summed E-state index contributed by atoms with van der Waals surface area (Å²) in [7, 11) is 1.66. The maximum atomic E-state index is 12.0. The molecule has 2 N–H and O–H groups in total. The summed E-state index contributed by atoms with van der Waals surface area (Å²) in [5.74, 6) is 1.15. The highest BCUT2D eigenvalue weighted by molar-refractivity contribution is 5.92. The molecule has 1 aromatic heterocycles. The van der Waals surface area contributed by atoms with Gasteiger partial charge in [-0.3, -0.25) is 4.79 Å². The number of carbonyl (C=O) groups is 1. The molecule has 0 radical (unpaired) electrons. The first-order valence-electron chi connectivity index (χ1n) is 8.21. The van der Waals surface area contributed by atoms with Crippen molar-refractivity contribution in [3.05, 3.63) is 47.8 Å². The molecule has 1 aromatic carbocycles. The third kappa shape index (κ3) is 5.22. The number of aromatic nitrogens is 2. The molecule has 2 rings (SSSR count). The van der Waals surface area contributed by atoms with Crippen LogP contribution < -0.4 is 15.4 Å². The van der Waals surface area contributed by atoms with Crippen LogP contribution in [0.1, 0.15) is 35.8 Å². The second kappa shape index (κ2) is 9.50. The zero-order chi connectivity index (χ0) is 17.2.